The fourth-order valence-electron chi connectivity index (χ4n) is 2.86. The molecule has 0 unspecified atom stereocenters. The number of aryl methyl sites for hydroxylation is 2. The zero-order valence-corrected chi connectivity index (χ0v) is 17.9. The molecule has 0 aliphatic carbocycles. The molecule has 1 aromatic heterocycles. The zero-order chi connectivity index (χ0) is 22.2. The maximum atomic E-state index is 12.6. The summed E-state index contributed by atoms with van der Waals surface area (Å²) in [4.78, 5) is 37.1. The zero-order valence-electron chi connectivity index (χ0n) is 17.9. The molecule has 0 bridgehead atoms. The van der Waals surface area contributed by atoms with Crippen LogP contribution in [0.5, 0.6) is 17.2 Å². The third kappa shape index (κ3) is 3.94. The highest BCUT2D eigenvalue weighted by Crippen LogP contribution is 2.34. The van der Waals surface area contributed by atoms with Gasteiger partial charge in [-0.05, 0) is 30.3 Å². The Morgan fingerprint density at radius 2 is 1.40 bits per heavy atom. The summed E-state index contributed by atoms with van der Waals surface area (Å²) in [5, 5.41) is 2.87. The van der Waals surface area contributed by atoms with Crippen LogP contribution in [0.3, 0.4) is 0 Å². The highest BCUT2D eigenvalue weighted by molar-refractivity contribution is 5.98. The van der Waals surface area contributed by atoms with E-state index in [1.54, 1.807) is 64.3 Å². The van der Waals surface area contributed by atoms with Gasteiger partial charge >= 0.3 is 11.1 Å². The minimum atomic E-state index is -0.651. The molecular weight excluding hydrogens is 386 g/mol. The summed E-state index contributed by atoms with van der Waals surface area (Å²) in [5.74, 6) is 1.34. The number of carbonyl (C=O) groups is 1. The number of benzene rings is 2. The van der Waals surface area contributed by atoms with Crippen molar-refractivity contribution >= 4 is 22.6 Å². The van der Waals surface area contributed by atoms with Gasteiger partial charge in [-0.25, -0.2) is 0 Å². The van der Waals surface area contributed by atoms with E-state index in [0.29, 0.717) is 34.0 Å². The van der Waals surface area contributed by atoms with Crippen molar-refractivity contribution < 1.29 is 14.3 Å². The predicted molar refractivity (Wildman–Crippen MR) is 116 cm³/mol. The van der Waals surface area contributed by atoms with Crippen LogP contribution >= 0.6 is 0 Å². The molecule has 0 spiro atoms. The van der Waals surface area contributed by atoms with E-state index < -0.39 is 16.5 Å². The smallest absolute Gasteiger partial charge is 0.316 e. The van der Waals surface area contributed by atoms with Gasteiger partial charge in [-0.1, -0.05) is 20.8 Å². The van der Waals surface area contributed by atoms with Gasteiger partial charge in [0.25, 0.3) is 0 Å². The Kier molecular flexibility index (Phi) is 5.43. The SMILES string of the molecule is COc1ccc(Oc2cc3c(cc2NC(=O)C(C)(C)C)n(C)c(=O)c(=O)n3C)cc1. The summed E-state index contributed by atoms with van der Waals surface area (Å²) in [6.45, 7) is 5.40. The molecule has 0 aliphatic heterocycles. The van der Waals surface area contributed by atoms with Crippen molar-refractivity contribution in [2.45, 2.75) is 20.8 Å². The van der Waals surface area contributed by atoms with Crippen LogP contribution in [-0.2, 0) is 18.9 Å². The van der Waals surface area contributed by atoms with Gasteiger partial charge in [-0.3, -0.25) is 14.4 Å². The van der Waals surface area contributed by atoms with Gasteiger partial charge in [-0.15, -0.1) is 0 Å². The molecule has 0 aliphatic rings. The van der Waals surface area contributed by atoms with E-state index in [9.17, 15) is 14.4 Å². The number of rotatable bonds is 4. The molecule has 3 aromatic rings. The van der Waals surface area contributed by atoms with Crippen molar-refractivity contribution in [2.75, 3.05) is 12.4 Å². The van der Waals surface area contributed by atoms with Crippen LogP contribution in [0.25, 0.3) is 11.0 Å². The number of hydrogen-bond acceptors (Lipinski definition) is 5. The second-order valence-electron chi connectivity index (χ2n) is 8.05. The van der Waals surface area contributed by atoms with Crippen molar-refractivity contribution in [1.82, 2.24) is 9.13 Å². The summed E-state index contributed by atoms with van der Waals surface area (Å²) < 4.78 is 13.7. The van der Waals surface area contributed by atoms with Gasteiger partial charge in [0.15, 0.2) is 5.75 Å². The van der Waals surface area contributed by atoms with E-state index in [0.717, 1.165) is 0 Å². The number of hydrogen-bond donors (Lipinski definition) is 1. The summed E-state index contributed by atoms with van der Waals surface area (Å²) in [7, 11) is 4.62. The van der Waals surface area contributed by atoms with Gasteiger partial charge in [0.1, 0.15) is 11.5 Å². The number of ether oxygens (including phenoxy) is 2. The second kappa shape index (κ2) is 7.70. The molecule has 8 heteroatoms. The Labute approximate surface area is 173 Å². The summed E-state index contributed by atoms with van der Waals surface area (Å²) >= 11 is 0. The van der Waals surface area contributed by atoms with Crippen LogP contribution in [0.4, 0.5) is 5.69 Å². The molecule has 1 amide bonds. The second-order valence-corrected chi connectivity index (χ2v) is 8.05. The average Bonchev–Trinajstić information content (AvgIpc) is 2.71. The fraction of sp³-hybridized carbons (Fsp3) is 0.318. The van der Waals surface area contributed by atoms with Gasteiger partial charge in [0.05, 0.1) is 23.8 Å². The monoisotopic (exact) mass is 411 g/mol. The lowest BCUT2D eigenvalue weighted by atomic mass is 9.95. The molecule has 3 rings (SSSR count). The Bertz CT molecular complexity index is 1230. The Balaban J connectivity index is 2.20. The van der Waals surface area contributed by atoms with E-state index in [1.807, 2.05) is 0 Å². The molecular formula is C22H25N3O5. The lowest BCUT2D eigenvalue weighted by Crippen LogP contribution is -2.39. The van der Waals surface area contributed by atoms with Crippen LogP contribution in [0.1, 0.15) is 20.8 Å². The van der Waals surface area contributed by atoms with Crippen molar-refractivity contribution in [1.29, 1.82) is 0 Å². The van der Waals surface area contributed by atoms with Crippen LogP contribution in [-0.4, -0.2) is 22.2 Å². The third-order valence-corrected chi connectivity index (χ3v) is 4.81. The Hall–Kier alpha value is -3.55. The van der Waals surface area contributed by atoms with Crippen LogP contribution < -0.4 is 25.9 Å². The maximum absolute atomic E-state index is 12.6. The van der Waals surface area contributed by atoms with Crippen LogP contribution in [0.2, 0.25) is 0 Å². The first-order valence-electron chi connectivity index (χ1n) is 9.40. The van der Waals surface area contributed by atoms with E-state index in [-0.39, 0.29) is 5.91 Å². The average molecular weight is 411 g/mol. The standard InChI is InChI=1S/C22H25N3O5/c1-22(2,3)21(28)23-15-11-16-17(25(5)20(27)19(26)24(16)4)12-18(15)30-14-9-7-13(29-6)8-10-14/h7-12H,1-6H3,(H,23,28). The number of nitrogens with zero attached hydrogens (tertiary/aromatic N) is 2. The quantitative estimate of drug-likeness (QED) is 0.667. The summed E-state index contributed by atoms with van der Waals surface area (Å²) in [6, 6.07) is 10.3. The number of aromatic nitrogens is 2. The molecule has 0 fully saturated rings. The van der Waals surface area contributed by atoms with Crippen molar-refractivity contribution in [3.8, 4) is 17.2 Å². The number of carbonyl (C=O) groups excluding carboxylic acids is 1. The van der Waals surface area contributed by atoms with Crippen molar-refractivity contribution in [3.63, 3.8) is 0 Å². The van der Waals surface area contributed by atoms with Crippen molar-refractivity contribution in [2.24, 2.45) is 19.5 Å². The van der Waals surface area contributed by atoms with Gasteiger partial charge in [0.2, 0.25) is 5.91 Å². The molecule has 30 heavy (non-hydrogen) atoms. The normalized spacial score (nSPS) is 11.4. The highest BCUT2D eigenvalue weighted by Gasteiger charge is 2.23. The van der Waals surface area contributed by atoms with Gasteiger partial charge in [-0.2, -0.15) is 0 Å². The molecule has 0 radical (unpaired) electrons. The van der Waals surface area contributed by atoms with E-state index in [4.69, 9.17) is 9.47 Å². The number of nitrogens with one attached hydrogen (secondary N) is 1. The minimum Gasteiger partial charge on any atom is -0.497 e. The van der Waals surface area contributed by atoms with Gasteiger partial charge in [0, 0.05) is 25.6 Å². The molecule has 2 aromatic carbocycles. The van der Waals surface area contributed by atoms with E-state index >= 15 is 0 Å². The topological polar surface area (TPSA) is 91.6 Å². The Morgan fingerprint density at radius 3 is 1.90 bits per heavy atom. The lowest BCUT2D eigenvalue weighted by Gasteiger charge is -2.21. The molecule has 0 saturated heterocycles. The Morgan fingerprint density at radius 1 is 0.900 bits per heavy atom. The van der Waals surface area contributed by atoms with Crippen molar-refractivity contribution in [3.05, 3.63) is 57.1 Å². The van der Waals surface area contributed by atoms with E-state index in [1.165, 1.54) is 23.2 Å². The first-order chi connectivity index (χ1) is 14.0. The number of fused-ring (bicyclic) bond motifs is 1. The maximum Gasteiger partial charge on any atom is 0.316 e. The first kappa shape index (κ1) is 21.2. The van der Waals surface area contributed by atoms with E-state index in [2.05, 4.69) is 5.32 Å². The van der Waals surface area contributed by atoms with Crippen LogP contribution in [0, 0.1) is 5.41 Å². The van der Waals surface area contributed by atoms with Gasteiger partial charge < -0.3 is 23.9 Å². The fourth-order valence-corrected chi connectivity index (χ4v) is 2.86. The molecule has 0 atom stereocenters. The first-order valence-corrected chi connectivity index (χ1v) is 9.40. The summed E-state index contributed by atoms with van der Waals surface area (Å²) in [5.41, 5.74) is -0.546. The largest absolute Gasteiger partial charge is 0.497 e. The predicted octanol–water partition coefficient (Wildman–Crippen LogP) is 3.02. The summed E-state index contributed by atoms with van der Waals surface area (Å²) in [6.07, 6.45) is 0. The number of anilines is 1. The minimum absolute atomic E-state index is 0.212. The molecule has 1 heterocycles. The lowest BCUT2D eigenvalue weighted by molar-refractivity contribution is -0.123. The number of methoxy groups -OCH3 is 1. The third-order valence-electron chi connectivity index (χ3n) is 4.81. The molecule has 158 valence electrons. The molecule has 8 nitrogen and oxygen atoms in total. The molecule has 0 saturated carbocycles. The highest BCUT2D eigenvalue weighted by atomic mass is 16.5. The van der Waals surface area contributed by atoms with Crippen LogP contribution in [0.15, 0.2) is 46.0 Å². The molecule has 1 N–H and O–H groups in total. The number of amides is 1.